The number of benzene rings is 2. The quantitative estimate of drug-likeness (QED) is 0.174. The van der Waals surface area contributed by atoms with Crippen molar-refractivity contribution in [1.29, 1.82) is 0 Å². The van der Waals surface area contributed by atoms with Crippen LogP contribution < -0.4 is 4.74 Å². The zero-order chi connectivity index (χ0) is 23.3. The summed E-state index contributed by atoms with van der Waals surface area (Å²) in [6, 6.07) is 15.8. The van der Waals surface area contributed by atoms with Crippen molar-refractivity contribution in [2.45, 2.75) is 97.3 Å². The minimum atomic E-state index is -0.292. The molecule has 33 heavy (non-hydrogen) atoms. The summed E-state index contributed by atoms with van der Waals surface area (Å²) >= 11 is 0. The van der Waals surface area contributed by atoms with E-state index in [9.17, 15) is 4.79 Å². The lowest BCUT2D eigenvalue weighted by Gasteiger charge is -2.22. The standard InChI is InChI=1S/C31H42O2/c1-3-5-7-8-9-10-12-26-13-17-27(18-14-26)28-19-21-29(22-20-28)31(32)33-30-23-15-25(16-24-30)11-6-4-2/h15-17,19-24,26H,3-14,18H2,1-2H3. The first-order chi connectivity index (χ1) is 16.2. The van der Waals surface area contributed by atoms with Crippen LogP contribution in [0.25, 0.3) is 5.57 Å². The van der Waals surface area contributed by atoms with E-state index < -0.39 is 0 Å². The van der Waals surface area contributed by atoms with Gasteiger partial charge in [-0.15, -0.1) is 0 Å². The molecule has 3 rings (SSSR count). The van der Waals surface area contributed by atoms with Crippen LogP contribution in [0.15, 0.2) is 54.6 Å². The van der Waals surface area contributed by atoms with Crippen molar-refractivity contribution < 1.29 is 9.53 Å². The van der Waals surface area contributed by atoms with E-state index >= 15 is 0 Å². The van der Waals surface area contributed by atoms with Crippen molar-refractivity contribution in [3.63, 3.8) is 0 Å². The number of unbranched alkanes of at least 4 members (excludes halogenated alkanes) is 6. The maximum Gasteiger partial charge on any atom is 0.343 e. The van der Waals surface area contributed by atoms with Gasteiger partial charge in [0.25, 0.3) is 0 Å². The maximum absolute atomic E-state index is 12.5. The van der Waals surface area contributed by atoms with E-state index in [4.69, 9.17) is 4.74 Å². The largest absolute Gasteiger partial charge is 0.423 e. The highest BCUT2D eigenvalue weighted by Crippen LogP contribution is 2.33. The molecule has 1 atom stereocenters. The SMILES string of the molecule is CCCCCCCCC1CC=C(c2ccc(C(=O)Oc3ccc(CCCC)cc3)cc2)CC1. The summed E-state index contributed by atoms with van der Waals surface area (Å²) in [6.07, 6.45) is 19.2. The molecule has 0 bridgehead atoms. The third kappa shape index (κ3) is 8.50. The number of esters is 1. The van der Waals surface area contributed by atoms with E-state index in [1.807, 2.05) is 24.3 Å². The van der Waals surface area contributed by atoms with Gasteiger partial charge >= 0.3 is 5.97 Å². The molecule has 0 aromatic heterocycles. The average Bonchev–Trinajstić information content (AvgIpc) is 2.86. The number of ether oxygens (including phenoxy) is 1. The van der Waals surface area contributed by atoms with Gasteiger partial charge in [-0.25, -0.2) is 4.79 Å². The van der Waals surface area contributed by atoms with E-state index in [-0.39, 0.29) is 5.97 Å². The molecule has 0 N–H and O–H groups in total. The first kappa shape index (κ1) is 25.3. The van der Waals surface area contributed by atoms with Gasteiger partial charge in [0.1, 0.15) is 5.75 Å². The summed E-state index contributed by atoms with van der Waals surface area (Å²) < 4.78 is 5.57. The minimum absolute atomic E-state index is 0.292. The van der Waals surface area contributed by atoms with Gasteiger partial charge in [0, 0.05) is 0 Å². The summed E-state index contributed by atoms with van der Waals surface area (Å²) in [5, 5.41) is 0. The van der Waals surface area contributed by atoms with E-state index in [1.165, 1.54) is 87.3 Å². The van der Waals surface area contributed by atoms with E-state index in [0.717, 1.165) is 18.8 Å². The highest BCUT2D eigenvalue weighted by Gasteiger charge is 2.16. The fraction of sp³-hybridized carbons (Fsp3) is 0.516. The topological polar surface area (TPSA) is 26.3 Å². The van der Waals surface area contributed by atoms with Crippen LogP contribution in [0.2, 0.25) is 0 Å². The zero-order valence-electron chi connectivity index (χ0n) is 20.8. The summed E-state index contributed by atoms with van der Waals surface area (Å²) in [4.78, 5) is 12.5. The molecule has 2 aromatic carbocycles. The molecule has 1 unspecified atom stereocenters. The molecule has 0 amide bonds. The van der Waals surface area contributed by atoms with Gasteiger partial charge in [0.05, 0.1) is 5.56 Å². The minimum Gasteiger partial charge on any atom is -0.423 e. The summed E-state index contributed by atoms with van der Waals surface area (Å²) in [7, 11) is 0. The normalized spacial score (nSPS) is 15.8. The Balaban J connectivity index is 1.45. The van der Waals surface area contributed by atoms with Gasteiger partial charge in [-0.2, -0.15) is 0 Å². The molecule has 2 heteroatoms. The zero-order valence-corrected chi connectivity index (χ0v) is 20.8. The summed E-state index contributed by atoms with van der Waals surface area (Å²) in [6.45, 7) is 4.47. The molecule has 178 valence electrons. The Labute approximate surface area is 201 Å². The van der Waals surface area contributed by atoms with Crippen LogP contribution in [-0.4, -0.2) is 5.97 Å². The van der Waals surface area contributed by atoms with Gasteiger partial charge in [-0.1, -0.05) is 95.6 Å². The number of hydrogen-bond acceptors (Lipinski definition) is 2. The van der Waals surface area contributed by atoms with Crippen molar-refractivity contribution in [3.05, 3.63) is 71.3 Å². The first-order valence-electron chi connectivity index (χ1n) is 13.3. The molecule has 0 spiro atoms. The highest BCUT2D eigenvalue weighted by atomic mass is 16.5. The van der Waals surface area contributed by atoms with Crippen molar-refractivity contribution >= 4 is 11.5 Å². The number of carbonyl (C=O) groups excluding carboxylic acids is 1. The lowest BCUT2D eigenvalue weighted by Crippen LogP contribution is -2.09. The Bertz CT molecular complexity index is 861. The molecule has 0 fully saturated rings. The maximum atomic E-state index is 12.5. The molecular formula is C31H42O2. The molecule has 0 radical (unpaired) electrons. The number of hydrogen-bond donors (Lipinski definition) is 0. The van der Waals surface area contributed by atoms with Crippen molar-refractivity contribution in [2.24, 2.45) is 5.92 Å². The Morgan fingerprint density at radius 1 is 0.848 bits per heavy atom. The Morgan fingerprint density at radius 2 is 1.55 bits per heavy atom. The summed E-state index contributed by atoms with van der Waals surface area (Å²) in [5.41, 5.74) is 4.56. The molecule has 2 aromatic rings. The Morgan fingerprint density at radius 3 is 2.21 bits per heavy atom. The monoisotopic (exact) mass is 446 g/mol. The Kier molecular flexibility index (Phi) is 10.7. The predicted molar refractivity (Wildman–Crippen MR) is 140 cm³/mol. The smallest absolute Gasteiger partial charge is 0.343 e. The van der Waals surface area contributed by atoms with Crippen molar-refractivity contribution in [1.82, 2.24) is 0 Å². The Hall–Kier alpha value is -2.35. The highest BCUT2D eigenvalue weighted by molar-refractivity contribution is 5.91. The van der Waals surface area contributed by atoms with Gasteiger partial charge in [-0.05, 0) is 79.0 Å². The summed E-state index contributed by atoms with van der Waals surface area (Å²) in [5.74, 6) is 1.16. The third-order valence-electron chi connectivity index (χ3n) is 6.93. The number of rotatable bonds is 13. The van der Waals surface area contributed by atoms with Gasteiger partial charge in [0.15, 0.2) is 0 Å². The molecule has 2 nitrogen and oxygen atoms in total. The van der Waals surface area contributed by atoms with E-state index in [2.05, 4.69) is 44.2 Å². The van der Waals surface area contributed by atoms with Crippen LogP contribution >= 0.6 is 0 Å². The third-order valence-corrected chi connectivity index (χ3v) is 6.93. The fourth-order valence-corrected chi connectivity index (χ4v) is 4.72. The van der Waals surface area contributed by atoms with E-state index in [0.29, 0.717) is 11.3 Å². The number of aryl methyl sites for hydroxylation is 1. The second kappa shape index (κ2) is 14.0. The molecule has 1 aliphatic carbocycles. The van der Waals surface area contributed by atoms with Crippen LogP contribution in [0.1, 0.15) is 112 Å². The average molecular weight is 447 g/mol. The van der Waals surface area contributed by atoms with Gasteiger partial charge in [0.2, 0.25) is 0 Å². The number of carbonyl (C=O) groups is 1. The molecule has 1 aliphatic rings. The van der Waals surface area contributed by atoms with Crippen LogP contribution in [-0.2, 0) is 6.42 Å². The lowest BCUT2D eigenvalue weighted by molar-refractivity contribution is 0.0734. The van der Waals surface area contributed by atoms with Crippen molar-refractivity contribution in [2.75, 3.05) is 0 Å². The molecule has 0 aliphatic heterocycles. The first-order valence-corrected chi connectivity index (χ1v) is 13.3. The van der Waals surface area contributed by atoms with Crippen LogP contribution in [0.5, 0.6) is 5.75 Å². The van der Waals surface area contributed by atoms with Crippen molar-refractivity contribution in [3.8, 4) is 5.75 Å². The molecule has 0 saturated carbocycles. The second-order valence-corrected chi connectivity index (χ2v) is 9.64. The van der Waals surface area contributed by atoms with Gasteiger partial charge < -0.3 is 4.74 Å². The van der Waals surface area contributed by atoms with Crippen LogP contribution in [0, 0.1) is 5.92 Å². The molecule has 0 saturated heterocycles. The van der Waals surface area contributed by atoms with Crippen LogP contribution in [0.3, 0.4) is 0 Å². The predicted octanol–water partition coefficient (Wildman–Crippen LogP) is 9.18. The number of allylic oxidation sites excluding steroid dienone is 2. The fourth-order valence-electron chi connectivity index (χ4n) is 4.72. The van der Waals surface area contributed by atoms with E-state index in [1.54, 1.807) is 0 Å². The second-order valence-electron chi connectivity index (χ2n) is 9.64. The van der Waals surface area contributed by atoms with Crippen LogP contribution in [0.4, 0.5) is 0 Å². The van der Waals surface area contributed by atoms with Gasteiger partial charge in [-0.3, -0.25) is 0 Å². The molecular weight excluding hydrogens is 404 g/mol. The lowest BCUT2D eigenvalue weighted by atomic mass is 9.83. The molecule has 0 heterocycles.